The van der Waals surface area contributed by atoms with Crippen LogP contribution in [0.15, 0.2) is 66.7 Å². The van der Waals surface area contributed by atoms with Gasteiger partial charge in [0.05, 0.1) is 6.54 Å². The number of carbonyl (C=O) groups is 2. The lowest BCUT2D eigenvalue weighted by Gasteiger charge is -2.24. The monoisotopic (exact) mass is 458 g/mol. The molecule has 0 atom stereocenters. The molecule has 0 aromatic heterocycles. The van der Waals surface area contributed by atoms with Crippen molar-refractivity contribution >= 4 is 34.8 Å². The van der Waals surface area contributed by atoms with Gasteiger partial charge in [0.2, 0.25) is 5.91 Å². The zero-order valence-corrected chi connectivity index (χ0v) is 19.3. The molecule has 1 N–H and O–H groups in total. The van der Waals surface area contributed by atoms with E-state index in [1.807, 2.05) is 47.4 Å². The van der Waals surface area contributed by atoms with Crippen LogP contribution in [0.1, 0.15) is 59.2 Å². The zero-order chi connectivity index (χ0) is 22.8. The molecule has 1 aliphatic heterocycles. The van der Waals surface area contributed by atoms with Crippen molar-refractivity contribution in [2.45, 2.75) is 45.1 Å². The first-order valence-electron chi connectivity index (χ1n) is 11.7. The van der Waals surface area contributed by atoms with Crippen LogP contribution in [0.5, 0.6) is 0 Å². The van der Waals surface area contributed by atoms with E-state index >= 15 is 0 Å². The van der Waals surface area contributed by atoms with Crippen molar-refractivity contribution in [1.82, 2.24) is 0 Å². The maximum absolute atomic E-state index is 13.6. The van der Waals surface area contributed by atoms with Gasteiger partial charge in [-0.25, -0.2) is 0 Å². The molecule has 168 valence electrons. The molecule has 3 aromatic carbocycles. The highest BCUT2D eigenvalue weighted by Gasteiger charge is 2.25. The van der Waals surface area contributed by atoms with Crippen LogP contribution in [0.3, 0.4) is 0 Å². The number of benzene rings is 3. The van der Waals surface area contributed by atoms with Crippen LogP contribution in [0.2, 0.25) is 5.02 Å². The molecule has 2 amide bonds. The predicted molar refractivity (Wildman–Crippen MR) is 133 cm³/mol. The number of rotatable bonds is 3. The van der Waals surface area contributed by atoms with Crippen molar-refractivity contribution in [3.63, 3.8) is 0 Å². The van der Waals surface area contributed by atoms with Gasteiger partial charge < -0.3 is 10.2 Å². The summed E-state index contributed by atoms with van der Waals surface area (Å²) in [5, 5.41) is 3.69. The van der Waals surface area contributed by atoms with Gasteiger partial charge in [0, 0.05) is 27.9 Å². The van der Waals surface area contributed by atoms with Crippen LogP contribution in [0, 0.1) is 5.92 Å². The van der Waals surface area contributed by atoms with Crippen molar-refractivity contribution in [1.29, 1.82) is 0 Å². The van der Waals surface area contributed by atoms with E-state index in [1.165, 1.54) is 12.0 Å². The average Bonchev–Trinajstić information content (AvgIpc) is 3.01. The first-order valence-corrected chi connectivity index (χ1v) is 12.0. The van der Waals surface area contributed by atoms with E-state index < -0.39 is 0 Å². The second-order valence-corrected chi connectivity index (χ2v) is 9.45. The molecule has 1 saturated carbocycles. The summed E-state index contributed by atoms with van der Waals surface area (Å²) in [7, 11) is 0. The highest BCUT2D eigenvalue weighted by molar-refractivity contribution is 6.30. The summed E-state index contributed by atoms with van der Waals surface area (Å²) in [6, 6.07) is 21.2. The number of hydrogen-bond donors (Lipinski definition) is 1. The van der Waals surface area contributed by atoms with Gasteiger partial charge in [-0.15, -0.1) is 0 Å². The van der Waals surface area contributed by atoms with Crippen molar-refractivity contribution < 1.29 is 9.59 Å². The Balaban J connectivity index is 1.39. The minimum absolute atomic E-state index is 0.0690. The number of anilines is 2. The Labute approximate surface area is 199 Å². The molecule has 0 saturated heterocycles. The van der Waals surface area contributed by atoms with Gasteiger partial charge in [-0.05, 0) is 78.4 Å². The van der Waals surface area contributed by atoms with Gasteiger partial charge in [0.25, 0.3) is 5.91 Å². The van der Waals surface area contributed by atoms with Crippen LogP contribution in [-0.2, 0) is 17.8 Å². The minimum Gasteiger partial charge on any atom is -0.326 e. The molecular formula is C28H27ClN2O2. The predicted octanol–water partition coefficient (Wildman–Crippen LogP) is 6.61. The van der Waals surface area contributed by atoms with Crippen molar-refractivity contribution in [2.24, 2.45) is 5.92 Å². The smallest absolute Gasteiger partial charge is 0.258 e. The van der Waals surface area contributed by atoms with E-state index in [0.717, 1.165) is 54.6 Å². The SMILES string of the molecule is O=C(Nc1ccc(C(=O)N2Cc3ccccc3Cc3cc(Cl)ccc32)cc1)C1CCCCC1. The number of nitrogens with zero attached hydrogens (tertiary/aromatic N) is 1. The highest BCUT2D eigenvalue weighted by Crippen LogP contribution is 2.33. The number of hydrogen-bond acceptors (Lipinski definition) is 2. The highest BCUT2D eigenvalue weighted by atomic mass is 35.5. The Kier molecular flexibility index (Phi) is 6.19. The Hall–Kier alpha value is -3.11. The summed E-state index contributed by atoms with van der Waals surface area (Å²) in [4.78, 5) is 28.0. The molecule has 0 spiro atoms. The summed E-state index contributed by atoms with van der Waals surface area (Å²) in [5.41, 5.74) is 5.58. The average molecular weight is 459 g/mol. The van der Waals surface area contributed by atoms with Crippen LogP contribution in [-0.4, -0.2) is 11.8 Å². The summed E-state index contributed by atoms with van der Waals surface area (Å²) >= 11 is 6.28. The van der Waals surface area contributed by atoms with Gasteiger partial charge in [-0.1, -0.05) is 55.1 Å². The number of nitrogens with one attached hydrogen (secondary N) is 1. The van der Waals surface area contributed by atoms with Crippen LogP contribution in [0.25, 0.3) is 0 Å². The van der Waals surface area contributed by atoms with Gasteiger partial charge in [-0.3, -0.25) is 9.59 Å². The number of halogens is 1. The molecule has 4 nitrogen and oxygen atoms in total. The Morgan fingerprint density at radius 2 is 1.58 bits per heavy atom. The van der Waals surface area contributed by atoms with Crippen molar-refractivity contribution in [3.8, 4) is 0 Å². The third kappa shape index (κ3) is 4.67. The third-order valence-electron chi connectivity index (χ3n) is 6.78. The fourth-order valence-electron chi connectivity index (χ4n) is 4.95. The van der Waals surface area contributed by atoms with E-state index in [-0.39, 0.29) is 17.7 Å². The molecule has 0 radical (unpaired) electrons. The van der Waals surface area contributed by atoms with Crippen LogP contribution < -0.4 is 10.2 Å². The molecule has 1 fully saturated rings. The molecule has 33 heavy (non-hydrogen) atoms. The van der Waals surface area contributed by atoms with Crippen LogP contribution >= 0.6 is 11.6 Å². The maximum atomic E-state index is 13.6. The lowest BCUT2D eigenvalue weighted by molar-refractivity contribution is -0.120. The molecule has 1 heterocycles. The maximum Gasteiger partial charge on any atom is 0.258 e. The fourth-order valence-corrected chi connectivity index (χ4v) is 5.14. The minimum atomic E-state index is -0.0690. The van der Waals surface area contributed by atoms with Crippen molar-refractivity contribution in [3.05, 3.63) is 94.0 Å². The molecule has 0 bridgehead atoms. The number of carbonyl (C=O) groups excluding carboxylic acids is 2. The second-order valence-electron chi connectivity index (χ2n) is 9.01. The molecule has 1 aliphatic carbocycles. The zero-order valence-electron chi connectivity index (χ0n) is 18.5. The van der Waals surface area contributed by atoms with E-state index in [0.29, 0.717) is 17.1 Å². The summed E-state index contributed by atoms with van der Waals surface area (Å²) in [5.74, 6) is 0.115. The molecule has 3 aromatic rings. The standard InChI is InChI=1S/C28H27ClN2O2/c29-24-12-15-26-23(17-24)16-21-8-4-5-9-22(21)18-31(26)28(33)20-10-13-25(14-11-20)30-27(32)19-6-2-1-3-7-19/h4-5,8-15,17,19H,1-3,6-7,16,18H2,(H,30,32). The lowest BCUT2D eigenvalue weighted by atomic mass is 9.88. The Morgan fingerprint density at radius 3 is 2.33 bits per heavy atom. The van der Waals surface area contributed by atoms with E-state index in [2.05, 4.69) is 17.4 Å². The summed E-state index contributed by atoms with van der Waals surface area (Å²) in [6.07, 6.45) is 6.12. The van der Waals surface area contributed by atoms with Gasteiger partial charge in [0.15, 0.2) is 0 Å². The van der Waals surface area contributed by atoms with E-state index in [4.69, 9.17) is 11.6 Å². The van der Waals surface area contributed by atoms with Gasteiger partial charge in [0.1, 0.15) is 0 Å². The summed E-state index contributed by atoms with van der Waals surface area (Å²) < 4.78 is 0. The first kappa shape index (κ1) is 21.7. The van der Waals surface area contributed by atoms with Crippen molar-refractivity contribution in [2.75, 3.05) is 10.2 Å². The Bertz CT molecular complexity index is 1180. The third-order valence-corrected chi connectivity index (χ3v) is 7.02. The molecular weight excluding hydrogens is 432 g/mol. The van der Waals surface area contributed by atoms with Gasteiger partial charge in [-0.2, -0.15) is 0 Å². The Morgan fingerprint density at radius 1 is 0.848 bits per heavy atom. The topological polar surface area (TPSA) is 49.4 Å². The molecule has 2 aliphatic rings. The molecule has 5 heteroatoms. The first-order chi connectivity index (χ1) is 16.1. The molecule has 5 rings (SSSR count). The van der Waals surface area contributed by atoms with E-state index in [9.17, 15) is 9.59 Å². The number of amides is 2. The van der Waals surface area contributed by atoms with Gasteiger partial charge >= 0.3 is 0 Å². The summed E-state index contributed by atoms with van der Waals surface area (Å²) in [6.45, 7) is 0.504. The van der Waals surface area contributed by atoms with E-state index in [1.54, 1.807) is 12.1 Å². The number of fused-ring (bicyclic) bond motifs is 2. The normalized spacial score (nSPS) is 15.8. The van der Waals surface area contributed by atoms with Crippen LogP contribution in [0.4, 0.5) is 11.4 Å². The fraction of sp³-hybridized carbons (Fsp3) is 0.286. The largest absolute Gasteiger partial charge is 0.326 e. The quantitative estimate of drug-likeness (QED) is 0.480. The lowest BCUT2D eigenvalue weighted by Crippen LogP contribution is -2.30. The second kappa shape index (κ2) is 9.40. The molecule has 0 unspecified atom stereocenters.